The number of carbonyl (C=O) groups is 1. The molecule has 2 heterocycles. The second-order valence-electron chi connectivity index (χ2n) is 8.44. The van der Waals surface area contributed by atoms with Crippen molar-refractivity contribution in [3.05, 3.63) is 59.9 Å². The highest BCUT2D eigenvalue weighted by atomic mass is 32.2. The monoisotopic (exact) mass is 468 g/mol. The van der Waals surface area contributed by atoms with Crippen molar-refractivity contribution in [1.29, 1.82) is 0 Å². The van der Waals surface area contributed by atoms with Gasteiger partial charge in [-0.15, -0.1) is 0 Å². The summed E-state index contributed by atoms with van der Waals surface area (Å²) in [4.78, 5) is 14.1. The molecule has 0 spiro atoms. The van der Waals surface area contributed by atoms with Crippen LogP contribution >= 0.6 is 0 Å². The number of hydrogen-bond acceptors (Lipinski definition) is 4. The summed E-state index contributed by atoms with van der Waals surface area (Å²) in [7, 11) is -4.01. The van der Waals surface area contributed by atoms with Gasteiger partial charge in [-0.2, -0.15) is 0 Å². The molecule has 3 fully saturated rings. The van der Waals surface area contributed by atoms with Crippen molar-refractivity contribution >= 4 is 15.9 Å². The quantitative estimate of drug-likeness (QED) is 0.682. The van der Waals surface area contributed by atoms with Crippen LogP contribution in [-0.2, 0) is 21.2 Å². The summed E-state index contributed by atoms with van der Waals surface area (Å²) < 4.78 is 88.0. The van der Waals surface area contributed by atoms with E-state index < -0.39 is 58.5 Å². The number of sulfonamides is 1. The Morgan fingerprint density at radius 3 is 2.62 bits per heavy atom. The van der Waals surface area contributed by atoms with Crippen LogP contribution < -0.4 is 4.72 Å². The van der Waals surface area contributed by atoms with E-state index in [0.717, 1.165) is 11.2 Å². The number of aliphatic hydroxyl groups is 1. The molecule has 2 aromatic carbocycles. The van der Waals surface area contributed by atoms with Crippen LogP contribution in [0.2, 0.25) is 0 Å². The molecule has 1 saturated carbocycles. The van der Waals surface area contributed by atoms with Gasteiger partial charge in [-0.25, -0.2) is 21.9 Å². The molecule has 2 N–H and O–H groups in total. The van der Waals surface area contributed by atoms with Gasteiger partial charge in [-0.1, -0.05) is 48.5 Å². The van der Waals surface area contributed by atoms with Crippen molar-refractivity contribution in [3.8, 4) is 11.1 Å². The van der Waals surface area contributed by atoms with E-state index in [2.05, 4.69) is 4.72 Å². The van der Waals surface area contributed by atoms with E-state index in [-0.39, 0.29) is 30.4 Å². The Kier molecular flexibility index (Phi) is 4.64. The summed E-state index contributed by atoms with van der Waals surface area (Å²) in [5, 5.41) is 10.3. The first kappa shape index (κ1) is 18.1. The average molecular weight is 469 g/mol. The normalized spacial score (nSPS) is 31.4. The van der Waals surface area contributed by atoms with Gasteiger partial charge in [0.1, 0.15) is 17.6 Å². The molecular formula is C23H26F2N2O4S. The number of halogens is 2. The summed E-state index contributed by atoms with van der Waals surface area (Å²) in [5.41, 5.74) is -1.24. The van der Waals surface area contributed by atoms with E-state index in [1.807, 2.05) is 0 Å². The number of nitrogens with zero attached hydrogens (tertiary/aromatic N) is 1. The lowest BCUT2D eigenvalue weighted by Crippen LogP contribution is -2.77. The first-order valence-electron chi connectivity index (χ1n) is 12.1. The van der Waals surface area contributed by atoms with Gasteiger partial charge >= 0.3 is 0 Å². The van der Waals surface area contributed by atoms with E-state index >= 15 is 8.78 Å². The Bertz CT molecular complexity index is 1270. The number of carbonyl (C=O) groups excluding carboxylic acids is 1. The minimum Gasteiger partial charge on any atom is -0.384 e. The average Bonchev–Trinajstić information content (AvgIpc) is 2.75. The van der Waals surface area contributed by atoms with Crippen molar-refractivity contribution in [1.82, 2.24) is 9.62 Å². The fourth-order valence-corrected chi connectivity index (χ4v) is 5.65. The summed E-state index contributed by atoms with van der Waals surface area (Å²) in [5.74, 6) is -2.18. The van der Waals surface area contributed by atoms with E-state index in [0.29, 0.717) is 5.56 Å². The van der Waals surface area contributed by atoms with Gasteiger partial charge in [-0.3, -0.25) is 4.79 Å². The van der Waals surface area contributed by atoms with Gasteiger partial charge in [0.2, 0.25) is 10.0 Å². The molecule has 2 aliphatic heterocycles. The standard InChI is InChI=1S/C23H26F2N2O4S/c1-14(28)22(29)27-17-12-23(25,13-17)21(26-32(2,30)31)19(27)11-16-9-6-10-18(20(16)24)15-7-4-3-5-8-15/h3-10,14,17,19,21,26,28H,11-13H2,1-2H3/t14?,17?,19-,21+,23?/m0/s1/i1D3,14D. The van der Waals surface area contributed by atoms with Crippen molar-refractivity contribution < 1.29 is 32.6 Å². The summed E-state index contributed by atoms with van der Waals surface area (Å²) in [6.07, 6.45) is -3.76. The van der Waals surface area contributed by atoms with Gasteiger partial charge < -0.3 is 10.0 Å². The molecule has 3 aliphatic rings. The zero-order valence-corrected chi connectivity index (χ0v) is 18.1. The maximum Gasteiger partial charge on any atom is 0.251 e. The number of nitrogens with one attached hydrogen (secondary N) is 1. The highest BCUT2D eigenvalue weighted by molar-refractivity contribution is 7.88. The number of alkyl halides is 1. The highest BCUT2D eigenvalue weighted by Crippen LogP contribution is 2.50. The van der Waals surface area contributed by atoms with Crippen molar-refractivity contribution in [2.75, 3.05) is 6.26 Å². The lowest BCUT2D eigenvalue weighted by molar-refractivity contribution is -0.174. The van der Waals surface area contributed by atoms with Crippen LogP contribution in [0.3, 0.4) is 0 Å². The molecule has 1 amide bonds. The molecule has 2 bridgehead atoms. The lowest BCUT2D eigenvalue weighted by Gasteiger charge is -2.61. The van der Waals surface area contributed by atoms with E-state index in [9.17, 15) is 18.3 Å². The Labute approximate surface area is 191 Å². The van der Waals surface area contributed by atoms with E-state index in [4.69, 9.17) is 5.48 Å². The summed E-state index contributed by atoms with van der Waals surface area (Å²) >= 11 is 0. The molecule has 32 heavy (non-hydrogen) atoms. The number of piperidine rings is 2. The van der Waals surface area contributed by atoms with Crippen LogP contribution in [0.25, 0.3) is 11.1 Å². The van der Waals surface area contributed by atoms with Gasteiger partial charge in [0, 0.05) is 28.6 Å². The number of hydrogen-bond donors (Lipinski definition) is 2. The molecule has 1 unspecified atom stereocenters. The number of benzene rings is 2. The highest BCUT2D eigenvalue weighted by Gasteiger charge is 2.63. The Morgan fingerprint density at radius 1 is 1.31 bits per heavy atom. The van der Waals surface area contributed by atoms with Gasteiger partial charge in [0.25, 0.3) is 5.91 Å². The molecule has 5 rings (SSSR count). The summed E-state index contributed by atoms with van der Waals surface area (Å²) in [6.45, 7) is -3.43. The zero-order valence-electron chi connectivity index (χ0n) is 21.3. The molecule has 2 saturated heterocycles. The smallest absolute Gasteiger partial charge is 0.251 e. The first-order chi connectivity index (χ1) is 16.6. The predicted molar refractivity (Wildman–Crippen MR) is 116 cm³/mol. The minimum absolute atomic E-state index is 0.0340. The maximum atomic E-state index is 15.7. The van der Waals surface area contributed by atoms with Crippen molar-refractivity contribution in [2.45, 2.75) is 56.0 Å². The number of fused-ring (bicyclic) bond motifs is 2. The van der Waals surface area contributed by atoms with Crippen LogP contribution in [-0.4, -0.2) is 60.5 Å². The van der Waals surface area contributed by atoms with Crippen LogP contribution in [0.5, 0.6) is 0 Å². The second kappa shape index (κ2) is 8.20. The predicted octanol–water partition coefficient (Wildman–Crippen LogP) is 2.42. The van der Waals surface area contributed by atoms with Gasteiger partial charge in [0.05, 0.1) is 19.7 Å². The van der Waals surface area contributed by atoms with Crippen molar-refractivity contribution in [3.63, 3.8) is 0 Å². The van der Waals surface area contributed by atoms with Crippen LogP contribution in [0.15, 0.2) is 48.5 Å². The first-order valence-corrected chi connectivity index (χ1v) is 12.0. The molecule has 2 aromatic rings. The molecule has 1 aliphatic carbocycles. The molecule has 3 atom stereocenters. The number of rotatable bonds is 6. The van der Waals surface area contributed by atoms with Crippen LogP contribution in [0, 0.1) is 5.82 Å². The Morgan fingerprint density at radius 2 is 2.00 bits per heavy atom. The zero-order chi connectivity index (χ0) is 26.7. The molecule has 6 nitrogen and oxygen atoms in total. The van der Waals surface area contributed by atoms with Crippen LogP contribution in [0.1, 0.15) is 30.7 Å². The SMILES string of the molecule is [2H]C([2H])([2H])C([2H])(O)C(=O)N1C2CC(F)(C2)[C@H](NS(C)(=O)=O)[C@@H]1Cc1cccc(-c2ccccc2)c1F. The third-order valence-electron chi connectivity index (χ3n) is 6.21. The topological polar surface area (TPSA) is 86.7 Å². The Hall–Kier alpha value is -2.36. The fourth-order valence-electron chi connectivity index (χ4n) is 4.82. The second-order valence-corrected chi connectivity index (χ2v) is 10.2. The largest absolute Gasteiger partial charge is 0.384 e. The van der Waals surface area contributed by atoms with E-state index in [1.54, 1.807) is 36.4 Å². The van der Waals surface area contributed by atoms with Crippen molar-refractivity contribution in [2.24, 2.45) is 0 Å². The minimum atomic E-state index is -4.01. The number of amides is 1. The van der Waals surface area contributed by atoms with Gasteiger partial charge in [0.15, 0.2) is 0 Å². The molecule has 0 radical (unpaired) electrons. The summed E-state index contributed by atoms with van der Waals surface area (Å²) in [6, 6.07) is 9.26. The molecule has 172 valence electrons. The Balaban J connectivity index is 1.79. The van der Waals surface area contributed by atoms with Gasteiger partial charge in [-0.05, 0) is 24.4 Å². The molecule has 0 aromatic heterocycles. The van der Waals surface area contributed by atoms with Crippen LogP contribution in [0.4, 0.5) is 8.78 Å². The third kappa shape index (κ3) is 4.16. The fraction of sp³-hybridized carbons (Fsp3) is 0.435. The van der Waals surface area contributed by atoms with E-state index in [1.165, 1.54) is 12.1 Å². The third-order valence-corrected chi connectivity index (χ3v) is 6.90. The molecule has 9 heteroatoms. The lowest BCUT2D eigenvalue weighted by atomic mass is 9.64. The molecular weight excluding hydrogens is 438 g/mol. The maximum absolute atomic E-state index is 15.7.